The number of rotatable bonds is 1. The van der Waals surface area contributed by atoms with E-state index in [1.54, 1.807) is 6.33 Å². The van der Waals surface area contributed by atoms with Crippen molar-refractivity contribution >= 4 is 44.4 Å². The van der Waals surface area contributed by atoms with Crippen molar-refractivity contribution in [2.45, 2.75) is 25.1 Å². The minimum Gasteiger partial charge on any atom is -0.351 e. The summed E-state index contributed by atoms with van der Waals surface area (Å²) < 4.78 is 1.07. The van der Waals surface area contributed by atoms with Gasteiger partial charge in [-0.2, -0.15) is 11.8 Å². The molecular formula is C14H16BrN3S. The van der Waals surface area contributed by atoms with Crippen LogP contribution in [-0.4, -0.2) is 33.6 Å². The zero-order chi connectivity index (χ0) is 13.4. The van der Waals surface area contributed by atoms with Gasteiger partial charge in [0.15, 0.2) is 0 Å². The largest absolute Gasteiger partial charge is 0.351 e. The molecule has 19 heavy (non-hydrogen) atoms. The van der Waals surface area contributed by atoms with Crippen molar-refractivity contribution in [3.63, 3.8) is 0 Å². The minimum absolute atomic E-state index is 0.496. The van der Waals surface area contributed by atoms with E-state index in [0.717, 1.165) is 33.5 Å². The molecule has 0 saturated carbocycles. The maximum absolute atomic E-state index is 4.54. The van der Waals surface area contributed by atoms with Crippen LogP contribution in [0.1, 0.15) is 13.8 Å². The summed E-state index contributed by atoms with van der Waals surface area (Å²) in [5.41, 5.74) is 1.01. The molecule has 100 valence electrons. The molecule has 1 fully saturated rings. The number of halogens is 1. The van der Waals surface area contributed by atoms with Crippen LogP contribution >= 0.6 is 27.7 Å². The second kappa shape index (κ2) is 5.29. The van der Waals surface area contributed by atoms with Crippen LogP contribution in [0.15, 0.2) is 29.0 Å². The van der Waals surface area contributed by atoms with Gasteiger partial charge < -0.3 is 4.90 Å². The molecule has 1 aliphatic rings. The SMILES string of the molecule is CC1SCCN(c2ncnc3ccc(Br)cc23)C1C. The molecule has 3 rings (SSSR count). The Morgan fingerprint density at radius 2 is 2.16 bits per heavy atom. The first kappa shape index (κ1) is 13.2. The summed E-state index contributed by atoms with van der Waals surface area (Å²) in [6.45, 7) is 5.62. The fourth-order valence-corrected chi connectivity index (χ4v) is 3.94. The lowest BCUT2D eigenvalue weighted by atomic mass is 10.1. The number of aromatic nitrogens is 2. The lowest BCUT2D eigenvalue weighted by Crippen LogP contribution is -2.45. The van der Waals surface area contributed by atoms with Crippen LogP contribution in [0.5, 0.6) is 0 Å². The highest BCUT2D eigenvalue weighted by Crippen LogP contribution is 2.32. The van der Waals surface area contributed by atoms with Gasteiger partial charge in [0, 0.05) is 33.4 Å². The number of benzene rings is 1. The Bertz CT molecular complexity index is 604. The third-order valence-corrected chi connectivity index (χ3v) is 5.56. The molecular weight excluding hydrogens is 322 g/mol. The molecule has 2 atom stereocenters. The monoisotopic (exact) mass is 337 g/mol. The fourth-order valence-electron chi connectivity index (χ4n) is 2.48. The van der Waals surface area contributed by atoms with Gasteiger partial charge in [-0.25, -0.2) is 9.97 Å². The van der Waals surface area contributed by atoms with Gasteiger partial charge in [0.05, 0.1) is 5.52 Å². The molecule has 2 unspecified atom stereocenters. The summed E-state index contributed by atoms with van der Waals surface area (Å²) in [5, 5.41) is 1.76. The molecule has 1 aromatic heterocycles. The molecule has 5 heteroatoms. The highest BCUT2D eigenvalue weighted by atomic mass is 79.9. The van der Waals surface area contributed by atoms with Crippen LogP contribution < -0.4 is 4.90 Å². The first-order valence-electron chi connectivity index (χ1n) is 6.45. The van der Waals surface area contributed by atoms with E-state index < -0.39 is 0 Å². The van der Waals surface area contributed by atoms with Crippen LogP contribution in [0, 0.1) is 0 Å². The van der Waals surface area contributed by atoms with Crippen molar-refractivity contribution < 1.29 is 0 Å². The Morgan fingerprint density at radius 3 is 3.00 bits per heavy atom. The normalized spacial score (nSPS) is 23.8. The second-order valence-corrected chi connectivity index (χ2v) is 7.27. The summed E-state index contributed by atoms with van der Waals surface area (Å²) in [7, 11) is 0. The minimum atomic E-state index is 0.496. The average molecular weight is 338 g/mol. The molecule has 2 heterocycles. The van der Waals surface area contributed by atoms with E-state index in [2.05, 4.69) is 50.7 Å². The van der Waals surface area contributed by atoms with Crippen LogP contribution in [0.25, 0.3) is 10.9 Å². The smallest absolute Gasteiger partial charge is 0.140 e. The summed E-state index contributed by atoms with van der Waals surface area (Å²) in [5.74, 6) is 2.22. The summed E-state index contributed by atoms with van der Waals surface area (Å²) >= 11 is 5.58. The maximum Gasteiger partial charge on any atom is 0.140 e. The fraction of sp³-hybridized carbons (Fsp3) is 0.429. The van der Waals surface area contributed by atoms with E-state index in [0.29, 0.717) is 11.3 Å². The molecule has 1 aromatic carbocycles. The van der Waals surface area contributed by atoms with Crippen molar-refractivity contribution in [2.24, 2.45) is 0 Å². The van der Waals surface area contributed by atoms with E-state index in [-0.39, 0.29) is 0 Å². The van der Waals surface area contributed by atoms with Crippen molar-refractivity contribution in [3.8, 4) is 0 Å². The average Bonchev–Trinajstić information content (AvgIpc) is 2.41. The molecule has 2 aromatic rings. The number of anilines is 1. The van der Waals surface area contributed by atoms with Crippen molar-refractivity contribution in [2.75, 3.05) is 17.2 Å². The molecule has 1 aliphatic heterocycles. The molecule has 0 N–H and O–H groups in total. The lowest BCUT2D eigenvalue weighted by molar-refractivity contribution is 0.622. The van der Waals surface area contributed by atoms with Crippen LogP contribution in [-0.2, 0) is 0 Å². The van der Waals surface area contributed by atoms with Crippen LogP contribution in [0.4, 0.5) is 5.82 Å². The zero-order valence-corrected chi connectivity index (χ0v) is 13.4. The zero-order valence-electron chi connectivity index (χ0n) is 11.0. The summed E-state index contributed by atoms with van der Waals surface area (Å²) in [6, 6.07) is 6.68. The van der Waals surface area contributed by atoms with Gasteiger partial charge in [-0.1, -0.05) is 22.9 Å². The first-order valence-corrected chi connectivity index (χ1v) is 8.29. The molecule has 0 bridgehead atoms. The van der Waals surface area contributed by atoms with Crippen LogP contribution in [0.3, 0.4) is 0 Å². The van der Waals surface area contributed by atoms with Gasteiger partial charge in [0.1, 0.15) is 12.1 Å². The Kier molecular flexibility index (Phi) is 3.67. The third-order valence-electron chi connectivity index (χ3n) is 3.73. The molecule has 0 amide bonds. The van der Waals surface area contributed by atoms with Crippen LogP contribution in [0.2, 0.25) is 0 Å². The molecule has 0 aliphatic carbocycles. The van der Waals surface area contributed by atoms with Gasteiger partial charge in [-0.15, -0.1) is 0 Å². The Morgan fingerprint density at radius 1 is 1.32 bits per heavy atom. The van der Waals surface area contributed by atoms with Gasteiger partial charge in [0.25, 0.3) is 0 Å². The van der Waals surface area contributed by atoms with E-state index in [9.17, 15) is 0 Å². The standard InChI is InChI=1S/C14H16BrN3S/c1-9-10(2)19-6-5-18(9)14-12-7-11(15)3-4-13(12)16-8-17-14/h3-4,7-10H,5-6H2,1-2H3. The van der Waals surface area contributed by atoms with Gasteiger partial charge in [-0.3, -0.25) is 0 Å². The molecule has 0 radical (unpaired) electrons. The number of hydrogen-bond donors (Lipinski definition) is 0. The lowest BCUT2D eigenvalue weighted by Gasteiger charge is -2.38. The van der Waals surface area contributed by atoms with E-state index in [1.165, 1.54) is 0 Å². The number of thioether (sulfide) groups is 1. The quantitative estimate of drug-likeness (QED) is 0.792. The molecule has 1 saturated heterocycles. The van der Waals surface area contributed by atoms with Gasteiger partial charge in [-0.05, 0) is 25.1 Å². The molecule has 0 spiro atoms. The van der Waals surface area contributed by atoms with Crippen molar-refractivity contribution in [1.82, 2.24) is 9.97 Å². The van der Waals surface area contributed by atoms with E-state index in [4.69, 9.17) is 0 Å². The number of hydrogen-bond acceptors (Lipinski definition) is 4. The molecule has 3 nitrogen and oxygen atoms in total. The Labute approximate surface area is 125 Å². The highest BCUT2D eigenvalue weighted by Gasteiger charge is 2.27. The van der Waals surface area contributed by atoms with E-state index in [1.807, 2.05) is 23.9 Å². The first-order chi connectivity index (χ1) is 9.16. The second-order valence-electron chi connectivity index (χ2n) is 4.87. The number of fused-ring (bicyclic) bond motifs is 1. The topological polar surface area (TPSA) is 29.0 Å². The van der Waals surface area contributed by atoms with Crippen molar-refractivity contribution in [3.05, 3.63) is 29.0 Å². The van der Waals surface area contributed by atoms with E-state index >= 15 is 0 Å². The third kappa shape index (κ3) is 2.46. The predicted octanol–water partition coefficient (Wildman–Crippen LogP) is 3.72. The summed E-state index contributed by atoms with van der Waals surface area (Å²) in [6.07, 6.45) is 1.67. The Hall–Kier alpha value is -0.810. The van der Waals surface area contributed by atoms with Gasteiger partial charge in [0.2, 0.25) is 0 Å². The highest BCUT2D eigenvalue weighted by molar-refractivity contribution is 9.10. The predicted molar refractivity (Wildman–Crippen MR) is 86.0 cm³/mol. The summed E-state index contributed by atoms with van der Waals surface area (Å²) in [4.78, 5) is 11.3. The van der Waals surface area contributed by atoms with Gasteiger partial charge >= 0.3 is 0 Å². The number of nitrogens with zero attached hydrogens (tertiary/aromatic N) is 3. The van der Waals surface area contributed by atoms with Crippen molar-refractivity contribution in [1.29, 1.82) is 0 Å². The maximum atomic E-state index is 4.54. The Balaban J connectivity index is 2.11.